The van der Waals surface area contributed by atoms with Gasteiger partial charge < -0.3 is 5.32 Å². The molecule has 1 aromatic carbocycles. The Bertz CT molecular complexity index is 552. The molecule has 1 aromatic rings. The number of hydrazone groups is 1. The highest BCUT2D eigenvalue weighted by Crippen LogP contribution is 2.17. The fourth-order valence-corrected chi connectivity index (χ4v) is 2.89. The molecule has 0 aliphatic heterocycles. The predicted molar refractivity (Wildman–Crippen MR) is 89.5 cm³/mol. The summed E-state index contributed by atoms with van der Waals surface area (Å²) < 4.78 is 0.925. The molecule has 2 rings (SSSR count). The Kier molecular flexibility index (Phi) is 6.58. The lowest BCUT2D eigenvalue weighted by Gasteiger charge is -2.14. The van der Waals surface area contributed by atoms with E-state index < -0.39 is 11.8 Å². The van der Waals surface area contributed by atoms with Crippen molar-refractivity contribution in [2.24, 2.45) is 5.10 Å². The van der Waals surface area contributed by atoms with Crippen molar-refractivity contribution in [3.8, 4) is 0 Å². The van der Waals surface area contributed by atoms with E-state index in [4.69, 9.17) is 0 Å². The largest absolute Gasteiger partial charge is 0.345 e. The van der Waals surface area contributed by atoms with Crippen molar-refractivity contribution in [1.82, 2.24) is 10.7 Å². The topological polar surface area (TPSA) is 70.6 Å². The van der Waals surface area contributed by atoms with E-state index in [1.165, 1.54) is 19.1 Å². The number of halogens is 1. The van der Waals surface area contributed by atoms with Crippen LogP contribution in [0.25, 0.3) is 0 Å². The predicted octanol–water partition coefficient (Wildman–Crippen LogP) is 2.74. The van der Waals surface area contributed by atoms with Gasteiger partial charge in [-0.3, -0.25) is 9.59 Å². The SMILES string of the molecule is O=C(N/N=C\c1cccc(Br)c1)C(=O)NC1CCCCCC1. The lowest BCUT2D eigenvalue weighted by molar-refractivity contribution is -0.139. The van der Waals surface area contributed by atoms with Crippen LogP contribution in [-0.4, -0.2) is 24.1 Å². The molecule has 1 aliphatic carbocycles. The first-order valence-corrected chi connectivity index (χ1v) is 8.34. The third-order valence-corrected chi connectivity index (χ3v) is 4.12. The van der Waals surface area contributed by atoms with Crippen LogP contribution in [0.2, 0.25) is 0 Å². The highest BCUT2D eigenvalue weighted by Gasteiger charge is 2.19. The number of carbonyl (C=O) groups is 2. The second kappa shape index (κ2) is 8.68. The van der Waals surface area contributed by atoms with Gasteiger partial charge in [0.25, 0.3) is 0 Å². The van der Waals surface area contributed by atoms with E-state index in [2.05, 4.69) is 31.8 Å². The first-order chi connectivity index (χ1) is 10.6. The molecular formula is C16H20BrN3O2. The van der Waals surface area contributed by atoms with E-state index in [0.717, 1.165) is 35.7 Å². The van der Waals surface area contributed by atoms with Crippen LogP contribution in [-0.2, 0) is 9.59 Å². The van der Waals surface area contributed by atoms with Crippen LogP contribution >= 0.6 is 15.9 Å². The van der Waals surface area contributed by atoms with Crippen molar-refractivity contribution in [1.29, 1.82) is 0 Å². The quantitative estimate of drug-likeness (QED) is 0.374. The summed E-state index contributed by atoms with van der Waals surface area (Å²) in [5, 5.41) is 6.59. The van der Waals surface area contributed by atoms with Gasteiger partial charge in [-0.25, -0.2) is 5.43 Å². The van der Waals surface area contributed by atoms with Crippen molar-refractivity contribution in [3.63, 3.8) is 0 Å². The van der Waals surface area contributed by atoms with Gasteiger partial charge in [0.2, 0.25) is 0 Å². The number of amides is 2. The van der Waals surface area contributed by atoms with Gasteiger partial charge in [-0.05, 0) is 30.5 Å². The van der Waals surface area contributed by atoms with Crippen LogP contribution in [0.15, 0.2) is 33.8 Å². The van der Waals surface area contributed by atoms with Crippen molar-refractivity contribution >= 4 is 34.0 Å². The molecule has 22 heavy (non-hydrogen) atoms. The van der Waals surface area contributed by atoms with E-state index >= 15 is 0 Å². The molecule has 0 radical (unpaired) electrons. The maximum Gasteiger partial charge on any atom is 0.329 e. The summed E-state index contributed by atoms with van der Waals surface area (Å²) in [6.45, 7) is 0. The van der Waals surface area contributed by atoms with Crippen LogP contribution in [0.4, 0.5) is 0 Å². The Morgan fingerprint density at radius 2 is 1.86 bits per heavy atom. The van der Waals surface area contributed by atoms with Gasteiger partial charge in [0.05, 0.1) is 6.21 Å². The number of benzene rings is 1. The van der Waals surface area contributed by atoms with Gasteiger partial charge in [-0.2, -0.15) is 5.10 Å². The third kappa shape index (κ3) is 5.60. The number of carbonyl (C=O) groups excluding carboxylic acids is 2. The molecule has 0 spiro atoms. The molecule has 1 fully saturated rings. The zero-order valence-corrected chi connectivity index (χ0v) is 13.9. The minimum Gasteiger partial charge on any atom is -0.345 e. The molecule has 2 N–H and O–H groups in total. The van der Waals surface area contributed by atoms with Crippen LogP contribution < -0.4 is 10.7 Å². The third-order valence-electron chi connectivity index (χ3n) is 3.63. The average Bonchev–Trinajstić information content (AvgIpc) is 2.76. The number of hydrogen-bond acceptors (Lipinski definition) is 3. The average molecular weight is 366 g/mol. The molecule has 0 heterocycles. The molecule has 1 saturated carbocycles. The van der Waals surface area contributed by atoms with Gasteiger partial charge in [0, 0.05) is 10.5 Å². The van der Waals surface area contributed by atoms with Crippen molar-refractivity contribution in [2.75, 3.05) is 0 Å². The molecule has 0 unspecified atom stereocenters. The molecule has 118 valence electrons. The summed E-state index contributed by atoms with van der Waals surface area (Å²) in [7, 11) is 0. The van der Waals surface area contributed by atoms with Gasteiger partial charge in [0.15, 0.2) is 0 Å². The molecule has 0 atom stereocenters. The van der Waals surface area contributed by atoms with Gasteiger partial charge in [-0.1, -0.05) is 53.7 Å². The van der Waals surface area contributed by atoms with Crippen molar-refractivity contribution in [3.05, 3.63) is 34.3 Å². The fraction of sp³-hybridized carbons (Fsp3) is 0.438. The Balaban J connectivity index is 1.79. The van der Waals surface area contributed by atoms with E-state index in [-0.39, 0.29) is 6.04 Å². The second-order valence-electron chi connectivity index (χ2n) is 5.42. The van der Waals surface area contributed by atoms with E-state index in [1.807, 2.05) is 24.3 Å². The zero-order chi connectivity index (χ0) is 15.8. The summed E-state index contributed by atoms with van der Waals surface area (Å²) in [5.41, 5.74) is 3.09. The molecule has 2 amide bonds. The van der Waals surface area contributed by atoms with Crippen LogP contribution in [0.5, 0.6) is 0 Å². The van der Waals surface area contributed by atoms with Crippen LogP contribution in [0, 0.1) is 0 Å². The molecule has 0 bridgehead atoms. The Morgan fingerprint density at radius 1 is 1.14 bits per heavy atom. The minimum atomic E-state index is -0.726. The Morgan fingerprint density at radius 3 is 2.55 bits per heavy atom. The van der Waals surface area contributed by atoms with Crippen LogP contribution in [0.3, 0.4) is 0 Å². The van der Waals surface area contributed by atoms with Crippen LogP contribution in [0.1, 0.15) is 44.1 Å². The summed E-state index contributed by atoms with van der Waals surface area (Å²) >= 11 is 3.35. The van der Waals surface area contributed by atoms with E-state index in [0.29, 0.717) is 0 Å². The molecule has 1 aliphatic rings. The number of nitrogens with zero attached hydrogens (tertiary/aromatic N) is 1. The summed E-state index contributed by atoms with van der Waals surface area (Å²) in [5.74, 6) is -1.34. The summed E-state index contributed by atoms with van der Waals surface area (Å²) in [4.78, 5) is 23.5. The molecule has 5 nitrogen and oxygen atoms in total. The smallest absolute Gasteiger partial charge is 0.329 e. The standard InChI is InChI=1S/C16H20BrN3O2/c17-13-7-5-6-12(10-13)11-18-20-16(22)15(21)19-14-8-3-1-2-4-9-14/h5-7,10-11,14H,1-4,8-9H2,(H,19,21)(H,20,22)/b18-11-. The number of rotatable bonds is 3. The molecule has 6 heteroatoms. The Hall–Kier alpha value is -1.69. The van der Waals surface area contributed by atoms with Crippen molar-refractivity contribution in [2.45, 2.75) is 44.6 Å². The van der Waals surface area contributed by atoms with E-state index in [9.17, 15) is 9.59 Å². The van der Waals surface area contributed by atoms with Gasteiger partial charge in [0.1, 0.15) is 0 Å². The van der Waals surface area contributed by atoms with Crippen molar-refractivity contribution < 1.29 is 9.59 Å². The fourth-order valence-electron chi connectivity index (χ4n) is 2.48. The van der Waals surface area contributed by atoms with E-state index in [1.54, 1.807) is 0 Å². The first-order valence-electron chi connectivity index (χ1n) is 7.54. The van der Waals surface area contributed by atoms with Gasteiger partial charge in [-0.15, -0.1) is 0 Å². The summed E-state index contributed by atoms with van der Waals surface area (Å²) in [6, 6.07) is 7.59. The molecule has 0 saturated heterocycles. The lowest BCUT2D eigenvalue weighted by Crippen LogP contribution is -2.43. The summed E-state index contributed by atoms with van der Waals surface area (Å²) in [6.07, 6.45) is 8.01. The first kappa shape index (κ1) is 16.7. The highest BCUT2D eigenvalue weighted by atomic mass is 79.9. The molecule has 0 aromatic heterocycles. The normalized spacial score (nSPS) is 16.2. The lowest BCUT2D eigenvalue weighted by atomic mass is 10.1. The monoisotopic (exact) mass is 365 g/mol. The minimum absolute atomic E-state index is 0.106. The highest BCUT2D eigenvalue weighted by molar-refractivity contribution is 9.10. The maximum atomic E-state index is 11.8. The maximum absolute atomic E-state index is 11.8. The second-order valence-corrected chi connectivity index (χ2v) is 6.33. The number of hydrogen-bond donors (Lipinski definition) is 2. The molecular weight excluding hydrogens is 346 g/mol. The number of nitrogens with one attached hydrogen (secondary N) is 2. The Labute approximate surface area is 138 Å². The van der Waals surface area contributed by atoms with Gasteiger partial charge >= 0.3 is 11.8 Å². The zero-order valence-electron chi connectivity index (χ0n) is 12.3.